The summed E-state index contributed by atoms with van der Waals surface area (Å²) in [5, 5.41) is 7.72. The number of pyridine rings is 1. The second kappa shape index (κ2) is 2.88. The molecule has 1 heterocycles. The van der Waals surface area contributed by atoms with E-state index in [2.05, 4.69) is 4.98 Å². The van der Waals surface area contributed by atoms with Crippen LogP contribution in [0.15, 0.2) is 12.3 Å². The zero-order chi connectivity index (χ0) is 8.43. The first-order valence-corrected chi connectivity index (χ1v) is 3.46. The summed E-state index contributed by atoms with van der Waals surface area (Å²) in [6.45, 7) is 1.62. The number of nitrogens with one attached hydrogen (secondary N) is 1. The minimum Gasteiger partial charge on any atom is -0.396 e. The number of hydrogen-bond acceptors (Lipinski definition) is 3. The monoisotopic (exact) mass is 169 g/mol. The molecule has 3 N–H and O–H groups in total. The quantitative estimate of drug-likeness (QED) is 0.629. The fraction of sp³-hybridized carbons (Fsp3) is 0.143. The van der Waals surface area contributed by atoms with Crippen molar-refractivity contribution in [3.05, 3.63) is 23.0 Å². The van der Waals surface area contributed by atoms with E-state index in [9.17, 15) is 0 Å². The summed E-state index contributed by atoms with van der Waals surface area (Å²) in [4.78, 5) is 3.90. The summed E-state index contributed by atoms with van der Waals surface area (Å²) in [7, 11) is 0. The number of nitrogens with two attached hydrogens (primary N) is 1. The van der Waals surface area contributed by atoms with Gasteiger partial charge in [-0.25, -0.2) is 0 Å². The van der Waals surface area contributed by atoms with Crippen molar-refractivity contribution in [1.82, 2.24) is 4.98 Å². The van der Waals surface area contributed by atoms with Crippen molar-refractivity contribution in [2.24, 2.45) is 0 Å². The van der Waals surface area contributed by atoms with E-state index in [1.165, 1.54) is 6.20 Å². The van der Waals surface area contributed by atoms with Crippen molar-refractivity contribution < 1.29 is 0 Å². The van der Waals surface area contributed by atoms with Crippen molar-refractivity contribution >= 4 is 23.0 Å². The summed E-state index contributed by atoms with van der Waals surface area (Å²) < 4.78 is 0. The topological polar surface area (TPSA) is 62.8 Å². The summed E-state index contributed by atoms with van der Waals surface area (Å²) in [6.07, 6.45) is 1.53. The van der Waals surface area contributed by atoms with Gasteiger partial charge in [0.25, 0.3) is 0 Å². The van der Waals surface area contributed by atoms with Crippen LogP contribution in [0.25, 0.3) is 0 Å². The SMILES string of the molecule is CC(=N)c1nccc(Cl)c1N. The number of nitrogens with zero attached hydrogens (tertiary/aromatic N) is 1. The molecule has 0 atom stereocenters. The lowest BCUT2D eigenvalue weighted by atomic mass is 10.2. The van der Waals surface area contributed by atoms with Crippen molar-refractivity contribution in [3.63, 3.8) is 0 Å². The highest BCUT2D eigenvalue weighted by atomic mass is 35.5. The normalized spacial score (nSPS) is 9.64. The second-order valence-corrected chi connectivity index (χ2v) is 2.59. The largest absolute Gasteiger partial charge is 0.396 e. The Labute approximate surface area is 69.7 Å². The van der Waals surface area contributed by atoms with Gasteiger partial charge in [0.1, 0.15) is 5.69 Å². The Morgan fingerprint density at radius 1 is 1.73 bits per heavy atom. The highest BCUT2D eigenvalue weighted by molar-refractivity contribution is 6.33. The fourth-order valence-electron chi connectivity index (χ4n) is 0.749. The molecule has 3 nitrogen and oxygen atoms in total. The molecular weight excluding hydrogens is 162 g/mol. The lowest BCUT2D eigenvalue weighted by molar-refractivity contribution is 1.27. The fourth-order valence-corrected chi connectivity index (χ4v) is 0.894. The van der Waals surface area contributed by atoms with Crippen LogP contribution in [0.5, 0.6) is 0 Å². The molecule has 0 aliphatic heterocycles. The Hall–Kier alpha value is -1.09. The Morgan fingerprint density at radius 2 is 2.36 bits per heavy atom. The van der Waals surface area contributed by atoms with Crippen molar-refractivity contribution in [3.8, 4) is 0 Å². The van der Waals surface area contributed by atoms with E-state index in [-0.39, 0.29) is 0 Å². The number of halogens is 1. The first-order valence-electron chi connectivity index (χ1n) is 3.08. The molecule has 58 valence electrons. The number of aromatic nitrogens is 1. The van der Waals surface area contributed by atoms with Crippen molar-refractivity contribution in [2.45, 2.75) is 6.92 Å². The van der Waals surface area contributed by atoms with Crippen molar-refractivity contribution in [2.75, 3.05) is 5.73 Å². The molecule has 0 aliphatic rings. The Bertz CT molecular complexity index is 296. The van der Waals surface area contributed by atoms with Crippen LogP contribution in [0.1, 0.15) is 12.6 Å². The summed E-state index contributed by atoms with van der Waals surface area (Å²) in [6, 6.07) is 1.60. The van der Waals surface area contributed by atoms with Crippen LogP contribution in [0.4, 0.5) is 5.69 Å². The Kier molecular flexibility index (Phi) is 2.10. The van der Waals surface area contributed by atoms with Gasteiger partial charge in [-0.05, 0) is 13.0 Å². The van der Waals surface area contributed by atoms with E-state index >= 15 is 0 Å². The van der Waals surface area contributed by atoms with E-state index in [1.54, 1.807) is 13.0 Å². The van der Waals surface area contributed by atoms with E-state index < -0.39 is 0 Å². The van der Waals surface area contributed by atoms with Gasteiger partial charge < -0.3 is 11.1 Å². The highest BCUT2D eigenvalue weighted by Crippen LogP contribution is 2.20. The minimum absolute atomic E-state index is 0.324. The molecule has 0 radical (unpaired) electrons. The summed E-state index contributed by atoms with van der Waals surface area (Å²) in [5.41, 5.74) is 6.70. The molecule has 0 fully saturated rings. The van der Waals surface area contributed by atoms with Gasteiger partial charge in [0.2, 0.25) is 0 Å². The molecule has 0 spiro atoms. The molecule has 11 heavy (non-hydrogen) atoms. The molecule has 4 heteroatoms. The van der Waals surface area contributed by atoms with Gasteiger partial charge >= 0.3 is 0 Å². The summed E-state index contributed by atoms with van der Waals surface area (Å²) >= 11 is 5.70. The molecule has 1 aromatic rings. The molecule has 1 rings (SSSR count). The van der Waals surface area contributed by atoms with E-state index in [4.69, 9.17) is 22.7 Å². The number of rotatable bonds is 1. The van der Waals surface area contributed by atoms with Gasteiger partial charge in [0, 0.05) is 6.20 Å². The third-order valence-corrected chi connectivity index (χ3v) is 1.62. The Morgan fingerprint density at radius 3 is 2.82 bits per heavy atom. The summed E-state index contributed by atoms with van der Waals surface area (Å²) in [5.74, 6) is 0. The van der Waals surface area contributed by atoms with Crippen LogP contribution in [0.2, 0.25) is 5.02 Å². The maximum Gasteiger partial charge on any atom is 0.108 e. The minimum atomic E-state index is 0.324. The van der Waals surface area contributed by atoms with E-state index in [1.807, 2.05) is 0 Å². The standard InChI is InChI=1S/C7H8ClN3/c1-4(9)7-6(10)5(8)2-3-11-7/h2-3,9H,10H2,1H3. The van der Waals surface area contributed by atoms with Gasteiger partial charge in [-0.2, -0.15) is 0 Å². The van der Waals surface area contributed by atoms with Crippen LogP contribution in [0.3, 0.4) is 0 Å². The maximum absolute atomic E-state index is 7.27. The first kappa shape index (κ1) is 8.01. The lowest BCUT2D eigenvalue weighted by Crippen LogP contribution is -2.02. The maximum atomic E-state index is 7.27. The first-order chi connectivity index (χ1) is 5.13. The molecule has 0 aromatic carbocycles. The zero-order valence-corrected chi connectivity index (χ0v) is 6.81. The predicted octanol–water partition coefficient (Wildman–Crippen LogP) is 1.70. The highest BCUT2D eigenvalue weighted by Gasteiger charge is 2.04. The van der Waals surface area contributed by atoms with Gasteiger partial charge in [0.15, 0.2) is 0 Å². The van der Waals surface area contributed by atoms with Gasteiger partial charge in [-0.15, -0.1) is 0 Å². The average Bonchev–Trinajstić information content (AvgIpc) is 1.94. The molecule has 0 bridgehead atoms. The van der Waals surface area contributed by atoms with Crippen molar-refractivity contribution in [1.29, 1.82) is 5.41 Å². The van der Waals surface area contributed by atoms with Gasteiger partial charge in [0.05, 0.1) is 16.4 Å². The molecule has 0 unspecified atom stereocenters. The van der Waals surface area contributed by atoms with Crippen LogP contribution in [-0.4, -0.2) is 10.7 Å². The number of nitrogen functional groups attached to an aromatic ring is 1. The number of anilines is 1. The van der Waals surface area contributed by atoms with E-state index in [0.717, 1.165) is 0 Å². The molecule has 0 aliphatic carbocycles. The average molecular weight is 170 g/mol. The molecule has 0 amide bonds. The van der Waals surface area contributed by atoms with Gasteiger partial charge in [-0.3, -0.25) is 4.98 Å². The second-order valence-electron chi connectivity index (χ2n) is 2.18. The van der Waals surface area contributed by atoms with Gasteiger partial charge in [-0.1, -0.05) is 11.6 Å². The smallest absolute Gasteiger partial charge is 0.108 e. The third kappa shape index (κ3) is 1.49. The molecular formula is C7H8ClN3. The molecule has 0 saturated heterocycles. The Balaban J connectivity index is 3.27. The third-order valence-electron chi connectivity index (χ3n) is 1.29. The van der Waals surface area contributed by atoms with Crippen LogP contribution in [0, 0.1) is 5.41 Å². The van der Waals surface area contributed by atoms with E-state index in [0.29, 0.717) is 22.1 Å². The predicted molar refractivity (Wildman–Crippen MR) is 46.2 cm³/mol. The lowest BCUT2D eigenvalue weighted by Gasteiger charge is -2.02. The van der Waals surface area contributed by atoms with Crippen LogP contribution >= 0.6 is 11.6 Å². The zero-order valence-electron chi connectivity index (χ0n) is 6.06. The molecule has 1 aromatic heterocycles. The van der Waals surface area contributed by atoms with Crippen LogP contribution < -0.4 is 5.73 Å². The van der Waals surface area contributed by atoms with Crippen LogP contribution in [-0.2, 0) is 0 Å². The number of hydrogen-bond donors (Lipinski definition) is 2. The molecule has 0 saturated carbocycles.